The molecule has 3 heterocycles. The summed E-state index contributed by atoms with van der Waals surface area (Å²) in [5.41, 5.74) is 0.186. The Kier molecular flexibility index (Phi) is 5.79. The smallest absolute Gasteiger partial charge is 0.217 e. The highest BCUT2D eigenvalue weighted by atomic mass is 35.5. The zero-order valence-corrected chi connectivity index (χ0v) is 15.4. The van der Waals surface area contributed by atoms with Gasteiger partial charge in [-0.3, -0.25) is 0 Å². The fourth-order valence-electron chi connectivity index (χ4n) is 3.25. The molecule has 0 unspecified atom stereocenters. The predicted octanol–water partition coefficient (Wildman–Crippen LogP) is 1.99. The number of nitrogens with one attached hydrogen (secondary N) is 1. The normalized spacial score (nSPS) is 21.0. The van der Waals surface area contributed by atoms with Crippen molar-refractivity contribution in [1.82, 2.24) is 9.29 Å². The second-order valence-electron chi connectivity index (χ2n) is 6.31. The molecule has 2 aliphatic heterocycles. The fraction of sp³-hybridized carbons (Fsp3) is 0.625. The summed E-state index contributed by atoms with van der Waals surface area (Å²) in [6, 6.07) is 5.45. The van der Waals surface area contributed by atoms with Gasteiger partial charge in [-0.05, 0) is 37.8 Å². The molecule has 25 heavy (non-hydrogen) atoms. The van der Waals surface area contributed by atoms with Crippen molar-refractivity contribution >= 4 is 27.4 Å². The van der Waals surface area contributed by atoms with Gasteiger partial charge in [0.1, 0.15) is 11.9 Å². The van der Waals surface area contributed by atoms with Crippen LogP contribution in [0.4, 0.5) is 5.82 Å². The fourth-order valence-corrected chi connectivity index (χ4v) is 5.33. The Morgan fingerprint density at radius 3 is 2.56 bits per heavy atom. The molecule has 0 saturated carbocycles. The number of anilines is 1. The van der Waals surface area contributed by atoms with Crippen molar-refractivity contribution in [1.29, 1.82) is 5.26 Å². The van der Waals surface area contributed by atoms with Gasteiger partial charge >= 0.3 is 0 Å². The van der Waals surface area contributed by atoms with E-state index in [1.807, 2.05) is 6.07 Å². The number of nitrogens with zero attached hydrogens (tertiary/aromatic N) is 3. The zero-order chi connectivity index (χ0) is 17.9. The van der Waals surface area contributed by atoms with E-state index in [1.165, 1.54) is 0 Å². The molecular formula is C16H21ClN4O3S. The molecule has 1 aromatic heterocycles. The van der Waals surface area contributed by atoms with E-state index in [1.54, 1.807) is 16.4 Å². The van der Waals surface area contributed by atoms with Crippen LogP contribution in [-0.4, -0.2) is 55.3 Å². The summed E-state index contributed by atoms with van der Waals surface area (Å²) in [6.07, 6.45) is 2.56. The molecular weight excluding hydrogens is 364 g/mol. The molecule has 2 fully saturated rings. The summed E-state index contributed by atoms with van der Waals surface area (Å²) in [4.78, 5) is 4.18. The summed E-state index contributed by atoms with van der Waals surface area (Å²) in [7, 11) is -3.25. The number of aromatic nitrogens is 1. The Bertz CT molecular complexity index is 751. The van der Waals surface area contributed by atoms with Crippen LogP contribution in [0.25, 0.3) is 0 Å². The Hall–Kier alpha value is -1.40. The van der Waals surface area contributed by atoms with Crippen LogP contribution < -0.4 is 5.32 Å². The molecule has 0 atom stereocenters. The number of pyridine rings is 1. The molecule has 7 nitrogen and oxygen atoms in total. The van der Waals surface area contributed by atoms with Crippen LogP contribution in [0.1, 0.15) is 31.4 Å². The molecule has 9 heteroatoms. The zero-order valence-electron chi connectivity index (χ0n) is 13.8. The second kappa shape index (κ2) is 7.87. The van der Waals surface area contributed by atoms with Crippen LogP contribution in [-0.2, 0) is 14.8 Å². The second-order valence-corrected chi connectivity index (χ2v) is 8.93. The average Bonchev–Trinajstić information content (AvgIpc) is 2.64. The van der Waals surface area contributed by atoms with Gasteiger partial charge in [-0.25, -0.2) is 17.7 Å². The molecule has 0 bridgehead atoms. The first-order valence-electron chi connectivity index (χ1n) is 8.40. The summed E-state index contributed by atoms with van der Waals surface area (Å²) >= 11 is 5.89. The standard InChI is InChI=1S/C16H21ClN4O3S/c17-14-1-2-16(20-15(14)11-18)19-12-3-7-21(8-4-12)25(22,23)13-5-9-24-10-6-13/h1-2,12-13H,3-10H2,(H,19,20). The quantitative estimate of drug-likeness (QED) is 0.852. The number of piperidine rings is 1. The minimum atomic E-state index is -3.25. The van der Waals surface area contributed by atoms with E-state index in [0.717, 1.165) is 0 Å². The molecule has 0 aromatic carbocycles. The number of hydrogen-bond donors (Lipinski definition) is 1. The monoisotopic (exact) mass is 384 g/mol. The molecule has 3 rings (SSSR count). The van der Waals surface area contributed by atoms with E-state index in [2.05, 4.69) is 10.3 Å². The highest BCUT2D eigenvalue weighted by molar-refractivity contribution is 7.89. The average molecular weight is 385 g/mol. The lowest BCUT2D eigenvalue weighted by molar-refractivity contribution is 0.0969. The number of sulfonamides is 1. The molecule has 136 valence electrons. The van der Waals surface area contributed by atoms with Crippen molar-refractivity contribution in [2.75, 3.05) is 31.6 Å². The Morgan fingerprint density at radius 1 is 1.24 bits per heavy atom. The summed E-state index contributed by atoms with van der Waals surface area (Å²) < 4.78 is 32.3. The summed E-state index contributed by atoms with van der Waals surface area (Å²) in [6.45, 7) is 2.03. The van der Waals surface area contributed by atoms with Crippen molar-refractivity contribution in [2.24, 2.45) is 0 Å². The summed E-state index contributed by atoms with van der Waals surface area (Å²) in [5.74, 6) is 0.590. The molecule has 0 aliphatic carbocycles. The van der Waals surface area contributed by atoms with E-state index < -0.39 is 10.0 Å². The lowest BCUT2D eigenvalue weighted by atomic mass is 10.1. The minimum absolute atomic E-state index is 0.126. The van der Waals surface area contributed by atoms with Crippen molar-refractivity contribution in [3.8, 4) is 6.07 Å². The van der Waals surface area contributed by atoms with Crippen molar-refractivity contribution < 1.29 is 13.2 Å². The van der Waals surface area contributed by atoms with Crippen LogP contribution in [0.5, 0.6) is 0 Å². The van der Waals surface area contributed by atoms with Crippen LogP contribution in [0.2, 0.25) is 5.02 Å². The maximum absolute atomic E-state index is 12.7. The first-order valence-corrected chi connectivity index (χ1v) is 10.3. The molecule has 2 aliphatic rings. The lowest BCUT2D eigenvalue weighted by Gasteiger charge is -2.35. The van der Waals surface area contributed by atoms with Crippen LogP contribution in [0, 0.1) is 11.3 Å². The number of nitriles is 1. The van der Waals surface area contributed by atoms with E-state index in [9.17, 15) is 8.42 Å². The number of halogens is 1. The lowest BCUT2D eigenvalue weighted by Crippen LogP contribution is -2.47. The number of ether oxygens (including phenoxy) is 1. The molecule has 0 spiro atoms. The van der Waals surface area contributed by atoms with Gasteiger partial charge in [0.25, 0.3) is 0 Å². The van der Waals surface area contributed by atoms with Gasteiger partial charge in [0.2, 0.25) is 10.0 Å². The van der Waals surface area contributed by atoms with Gasteiger partial charge in [-0.15, -0.1) is 0 Å². The molecule has 0 radical (unpaired) electrons. The maximum atomic E-state index is 12.7. The van der Waals surface area contributed by atoms with Gasteiger partial charge in [0, 0.05) is 32.3 Å². The van der Waals surface area contributed by atoms with Crippen molar-refractivity contribution in [3.05, 3.63) is 22.8 Å². The summed E-state index contributed by atoms with van der Waals surface area (Å²) in [5, 5.41) is 12.3. The molecule has 1 aromatic rings. The number of rotatable bonds is 4. The van der Waals surface area contributed by atoms with E-state index in [4.69, 9.17) is 21.6 Å². The van der Waals surface area contributed by atoms with Gasteiger partial charge in [0.05, 0.1) is 10.3 Å². The van der Waals surface area contributed by atoms with Gasteiger partial charge < -0.3 is 10.1 Å². The van der Waals surface area contributed by atoms with Gasteiger partial charge in [0.15, 0.2) is 5.69 Å². The predicted molar refractivity (Wildman–Crippen MR) is 94.9 cm³/mol. The van der Waals surface area contributed by atoms with Crippen LogP contribution in [0.3, 0.4) is 0 Å². The van der Waals surface area contributed by atoms with Gasteiger partial charge in [-0.2, -0.15) is 5.26 Å². The van der Waals surface area contributed by atoms with Gasteiger partial charge in [-0.1, -0.05) is 11.6 Å². The molecule has 0 amide bonds. The third-order valence-electron chi connectivity index (χ3n) is 4.71. The minimum Gasteiger partial charge on any atom is -0.381 e. The van der Waals surface area contributed by atoms with Crippen LogP contribution in [0.15, 0.2) is 12.1 Å². The van der Waals surface area contributed by atoms with Crippen LogP contribution >= 0.6 is 11.6 Å². The third-order valence-corrected chi connectivity index (χ3v) is 7.41. The Labute approximate surface area is 153 Å². The third kappa shape index (κ3) is 4.23. The van der Waals surface area contributed by atoms with E-state index >= 15 is 0 Å². The Morgan fingerprint density at radius 2 is 1.92 bits per heavy atom. The number of hydrogen-bond acceptors (Lipinski definition) is 6. The highest BCUT2D eigenvalue weighted by Gasteiger charge is 2.35. The first-order chi connectivity index (χ1) is 12.0. The SMILES string of the molecule is N#Cc1nc(NC2CCN(S(=O)(=O)C3CCOCC3)CC2)ccc1Cl. The maximum Gasteiger partial charge on any atom is 0.217 e. The first kappa shape index (κ1) is 18.4. The molecule has 1 N–H and O–H groups in total. The largest absolute Gasteiger partial charge is 0.381 e. The van der Waals surface area contributed by atoms with E-state index in [0.29, 0.717) is 62.8 Å². The van der Waals surface area contributed by atoms with Crippen molar-refractivity contribution in [3.63, 3.8) is 0 Å². The highest BCUT2D eigenvalue weighted by Crippen LogP contribution is 2.25. The van der Waals surface area contributed by atoms with E-state index in [-0.39, 0.29) is 17.0 Å². The Balaban J connectivity index is 1.57. The van der Waals surface area contributed by atoms with Crippen molar-refractivity contribution in [2.45, 2.75) is 37.0 Å². The molecule has 2 saturated heterocycles. The topological polar surface area (TPSA) is 95.3 Å².